The summed E-state index contributed by atoms with van der Waals surface area (Å²) in [6.45, 7) is 6.59. The van der Waals surface area contributed by atoms with Crippen LogP contribution in [0.5, 0.6) is 0 Å². The number of nitrogens with zero attached hydrogens (tertiary/aromatic N) is 1. The highest BCUT2D eigenvalue weighted by atomic mass is 16.5. The van der Waals surface area contributed by atoms with E-state index in [0.29, 0.717) is 18.8 Å². The second-order valence-corrected chi connectivity index (χ2v) is 6.43. The SMILES string of the molecule is CC(C)(C)c1cc(NC(=O)NCCc2ccc(CO)cc2)no1. The number of aromatic nitrogens is 1. The van der Waals surface area contributed by atoms with Gasteiger partial charge in [0.1, 0.15) is 5.76 Å². The highest BCUT2D eigenvalue weighted by molar-refractivity contribution is 5.88. The van der Waals surface area contributed by atoms with Gasteiger partial charge in [-0.05, 0) is 17.5 Å². The fraction of sp³-hybridized carbons (Fsp3) is 0.412. The number of hydrogen-bond donors (Lipinski definition) is 3. The number of urea groups is 1. The number of carbonyl (C=O) groups is 1. The molecule has 6 nitrogen and oxygen atoms in total. The summed E-state index contributed by atoms with van der Waals surface area (Å²) in [6, 6.07) is 9.05. The van der Waals surface area contributed by atoms with Crippen LogP contribution < -0.4 is 10.6 Å². The molecule has 2 amide bonds. The number of rotatable bonds is 5. The number of nitrogens with one attached hydrogen (secondary N) is 2. The van der Waals surface area contributed by atoms with E-state index in [4.69, 9.17) is 9.63 Å². The molecule has 1 aromatic carbocycles. The van der Waals surface area contributed by atoms with E-state index >= 15 is 0 Å². The molecule has 0 spiro atoms. The molecular weight excluding hydrogens is 294 g/mol. The van der Waals surface area contributed by atoms with Crippen molar-refractivity contribution < 1.29 is 14.4 Å². The van der Waals surface area contributed by atoms with Gasteiger partial charge >= 0.3 is 6.03 Å². The van der Waals surface area contributed by atoms with Crippen molar-refractivity contribution in [1.29, 1.82) is 0 Å². The quantitative estimate of drug-likeness (QED) is 0.791. The fourth-order valence-electron chi connectivity index (χ4n) is 1.98. The fourth-order valence-corrected chi connectivity index (χ4v) is 1.98. The molecule has 0 aliphatic heterocycles. The summed E-state index contributed by atoms with van der Waals surface area (Å²) in [6.07, 6.45) is 0.713. The summed E-state index contributed by atoms with van der Waals surface area (Å²) < 4.78 is 5.21. The zero-order valence-corrected chi connectivity index (χ0v) is 13.7. The zero-order chi connectivity index (χ0) is 16.9. The van der Waals surface area contributed by atoms with E-state index < -0.39 is 0 Å². The van der Waals surface area contributed by atoms with E-state index in [1.807, 2.05) is 45.0 Å². The molecule has 2 rings (SSSR count). The molecule has 0 saturated heterocycles. The van der Waals surface area contributed by atoms with Crippen molar-refractivity contribution in [2.24, 2.45) is 0 Å². The smallest absolute Gasteiger partial charge is 0.320 e. The van der Waals surface area contributed by atoms with Crippen LogP contribution in [0.4, 0.5) is 10.6 Å². The molecule has 0 radical (unpaired) electrons. The first-order valence-corrected chi connectivity index (χ1v) is 7.59. The van der Waals surface area contributed by atoms with Crippen molar-refractivity contribution in [3.63, 3.8) is 0 Å². The van der Waals surface area contributed by atoms with Crippen LogP contribution in [0.1, 0.15) is 37.7 Å². The molecule has 124 valence electrons. The van der Waals surface area contributed by atoms with Crippen LogP contribution in [0, 0.1) is 0 Å². The molecule has 2 aromatic rings. The molecule has 0 atom stereocenters. The Morgan fingerprint density at radius 1 is 1.22 bits per heavy atom. The minimum Gasteiger partial charge on any atom is -0.392 e. The van der Waals surface area contributed by atoms with Gasteiger partial charge in [0, 0.05) is 18.0 Å². The first-order chi connectivity index (χ1) is 10.9. The van der Waals surface area contributed by atoms with E-state index in [0.717, 1.165) is 16.9 Å². The number of anilines is 1. The number of aliphatic hydroxyl groups is 1. The lowest BCUT2D eigenvalue weighted by molar-refractivity contribution is 0.252. The summed E-state index contributed by atoms with van der Waals surface area (Å²) in [4.78, 5) is 11.8. The maximum Gasteiger partial charge on any atom is 0.320 e. The van der Waals surface area contributed by atoms with Gasteiger partial charge in [0.15, 0.2) is 5.82 Å². The van der Waals surface area contributed by atoms with E-state index in [-0.39, 0.29) is 18.1 Å². The Balaban J connectivity index is 1.77. The Labute approximate surface area is 135 Å². The lowest BCUT2D eigenvalue weighted by Crippen LogP contribution is -2.30. The Kier molecular flexibility index (Phi) is 5.39. The third-order valence-corrected chi connectivity index (χ3v) is 3.40. The summed E-state index contributed by atoms with van der Waals surface area (Å²) >= 11 is 0. The second-order valence-electron chi connectivity index (χ2n) is 6.43. The van der Waals surface area contributed by atoms with Crippen LogP contribution >= 0.6 is 0 Å². The van der Waals surface area contributed by atoms with Gasteiger partial charge < -0.3 is 14.9 Å². The van der Waals surface area contributed by atoms with Gasteiger partial charge in [-0.15, -0.1) is 0 Å². The second kappa shape index (κ2) is 7.28. The van der Waals surface area contributed by atoms with E-state index in [2.05, 4.69) is 15.8 Å². The minimum absolute atomic E-state index is 0.0369. The number of carbonyl (C=O) groups excluding carboxylic acids is 1. The van der Waals surface area contributed by atoms with E-state index in [1.165, 1.54) is 0 Å². The number of aliphatic hydroxyl groups excluding tert-OH is 1. The molecule has 0 saturated carbocycles. The molecule has 1 aromatic heterocycles. The van der Waals surface area contributed by atoms with Crippen molar-refractivity contribution in [1.82, 2.24) is 10.5 Å². The highest BCUT2D eigenvalue weighted by Crippen LogP contribution is 2.24. The Morgan fingerprint density at radius 3 is 2.43 bits per heavy atom. The van der Waals surface area contributed by atoms with Crippen LogP contribution in [0.2, 0.25) is 0 Å². The van der Waals surface area contributed by atoms with Gasteiger partial charge in [-0.25, -0.2) is 4.79 Å². The van der Waals surface area contributed by atoms with Gasteiger partial charge in [-0.2, -0.15) is 0 Å². The lowest BCUT2D eigenvalue weighted by atomic mass is 9.93. The maximum absolute atomic E-state index is 11.8. The van der Waals surface area contributed by atoms with Crippen molar-refractivity contribution in [3.8, 4) is 0 Å². The average molecular weight is 317 g/mol. The van der Waals surface area contributed by atoms with Crippen LogP contribution in [0.25, 0.3) is 0 Å². The molecule has 6 heteroatoms. The van der Waals surface area contributed by atoms with Gasteiger partial charge in [-0.3, -0.25) is 5.32 Å². The molecule has 0 aliphatic carbocycles. The van der Waals surface area contributed by atoms with Crippen LogP contribution in [-0.4, -0.2) is 22.8 Å². The number of amides is 2. The summed E-state index contributed by atoms with van der Waals surface area (Å²) in [5, 5.41) is 18.3. The van der Waals surface area contributed by atoms with Crippen molar-refractivity contribution >= 4 is 11.8 Å². The summed E-state index contributed by atoms with van der Waals surface area (Å²) in [5.41, 5.74) is 1.82. The largest absolute Gasteiger partial charge is 0.392 e. The van der Waals surface area contributed by atoms with Gasteiger partial charge in [-0.1, -0.05) is 50.2 Å². The third-order valence-electron chi connectivity index (χ3n) is 3.40. The monoisotopic (exact) mass is 317 g/mol. The molecule has 3 N–H and O–H groups in total. The standard InChI is InChI=1S/C17H23N3O3/c1-17(2,3)14-10-15(20-23-14)19-16(22)18-9-8-12-4-6-13(11-21)7-5-12/h4-7,10,21H,8-9,11H2,1-3H3,(H2,18,19,20,22). The van der Waals surface area contributed by atoms with Crippen molar-refractivity contribution in [2.45, 2.75) is 39.2 Å². The predicted molar refractivity (Wildman–Crippen MR) is 88.3 cm³/mol. The van der Waals surface area contributed by atoms with E-state index in [1.54, 1.807) is 6.07 Å². The lowest BCUT2D eigenvalue weighted by Gasteiger charge is -2.12. The molecule has 23 heavy (non-hydrogen) atoms. The maximum atomic E-state index is 11.8. The van der Waals surface area contributed by atoms with Crippen molar-refractivity contribution in [3.05, 3.63) is 47.2 Å². The van der Waals surface area contributed by atoms with E-state index in [9.17, 15) is 4.79 Å². The minimum atomic E-state index is -0.314. The Hall–Kier alpha value is -2.34. The highest BCUT2D eigenvalue weighted by Gasteiger charge is 2.20. The third kappa shape index (κ3) is 5.10. The number of benzene rings is 1. The summed E-state index contributed by atoms with van der Waals surface area (Å²) in [5.74, 6) is 1.12. The van der Waals surface area contributed by atoms with Gasteiger partial charge in [0.05, 0.1) is 6.61 Å². The number of hydrogen-bond acceptors (Lipinski definition) is 4. The van der Waals surface area contributed by atoms with Gasteiger partial charge in [0.25, 0.3) is 0 Å². The Bertz CT molecular complexity index is 642. The molecule has 1 heterocycles. The summed E-state index contributed by atoms with van der Waals surface area (Å²) in [7, 11) is 0. The van der Waals surface area contributed by atoms with Crippen molar-refractivity contribution in [2.75, 3.05) is 11.9 Å². The molecule has 0 fully saturated rings. The average Bonchev–Trinajstić information content (AvgIpc) is 2.96. The molecular formula is C17H23N3O3. The first-order valence-electron chi connectivity index (χ1n) is 7.59. The Morgan fingerprint density at radius 2 is 1.87 bits per heavy atom. The van der Waals surface area contributed by atoms with Crippen LogP contribution in [0.3, 0.4) is 0 Å². The van der Waals surface area contributed by atoms with Gasteiger partial charge in [0.2, 0.25) is 0 Å². The zero-order valence-electron chi connectivity index (χ0n) is 13.7. The first kappa shape index (κ1) is 17.0. The van der Waals surface area contributed by atoms with Crippen LogP contribution in [0.15, 0.2) is 34.9 Å². The topological polar surface area (TPSA) is 87.4 Å². The molecule has 0 unspecified atom stereocenters. The molecule has 0 bridgehead atoms. The van der Waals surface area contributed by atoms with Crippen LogP contribution in [-0.2, 0) is 18.4 Å². The predicted octanol–water partition coefficient (Wildman–Crippen LogP) is 2.83. The molecule has 0 aliphatic rings. The normalized spacial score (nSPS) is 11.3.